The highest BCUT2D eigenvalue weighted by Crippen LogP contribution is 2.36. The molecule has 30 heavy (non-hydrogen) atoms. The number of fused-ring (bicyclic) bond motifs is 2. The molecule has 0 saturated heterocycles. The molecule has 0 N–H and O–H groups in total. The van der Waals surface area contributed by atoms with E-state index in [1.807, 2.05) is 60.7 Å². The lowest BCUT2D eigenvalue weighted by Gasteiger charge is -2.27. The number of esters is 1. The van der Waals surface area contributed by atoms with Gasteiger partial charge in [0.05, 0.1) is 11.1 Å². The topological polar surface area (TPSA) is 39.2 Å². The fourth-order valence-electron chi connectivity index (χ4n) is 4.43. The molecular weight excluding hydrogens is 370 g/mol. The van der Waals surface area contributed by atoms with Crippen LogP contribution >= 0.6 is 0 Å². The van der Waals surface area contributed by atoms with E-state index in [0.717, 1.165) is 47.0 Å². The molecule has 1 aliphatic carbocycles. The lowest BCUT2D eigenvalue weighted by Crippen LogP contribution is -2.20. The third-order valence-corrected chi connectivity index (χ3v) is 5.95. The number of benzene rings is 3. The van der Waals surface area contributed by atoms with Crippen LogP contribution < -0.4 is 0 Å². The maximum atomic E-state index is 13.3. The molecule has 1 aliphatic rings. The lowest BCUT2D eigenvalue weighted by atomic mass is 9.80. The van der Waals surface area contributed by atoms with Crippen molar-refractivity contribution >= 4 is 16.9 Å². The van der Waals surface area contributed by atoms with E-state index in [1.54, 1.807) is 0 Å². The molecule has 0 saturated carbocycles. The Morgan fingerprint density at radius 1 is 0.900 bits per heavy atom. The van der Waals surface area contributed by atoms with Gasteiger partial charge in [0.25, 0.3) is 0 Å². The summed E-state index contributed by atoms with van der Waals surface area (Å²) in [5, 5.41) is 0.878. The molecule has 4 aromatic rings. The van der Waals surface area contributed by atoms with Crippen LogP contribution in [0.4, 0.5) is 0 Å². The van der Waals surface area contributed by atoms with E-state index in [4.69, 9.17) is 9.72 Å². The van der Waals surface area contributed by atoms with Gasteiger partial charge < -0.3 is 4.74 Å². The second-order valence-electron chi connectivity index (χ2n) is 7.84. The van der Waals surface area contributed by atoms with Gasteiger partial charge >= 0.3 is 5.97 Å². The smallest absolute Gasteiger partial charge is 0.339 e. The first-order valence-corrected chi connectivity index (χ1v) is 10.5. The van der Waals surface area contributed by atoms with Crippen molar-refractivity contribution in [2.75, 3.05) is 0 Å². The maximum absolute atomic E-state index is 13.3. The Morgan fingerprint density at radius 2 is 1.60 bits per heavy atom. The molecular formula is C27H23NO2. The van der Waals surface area contributed by atoms with Gasteiger partial charge in [-0.2, -0.15) is 0 Å². The van der Waals surface area contributed by atoms with Gasteiger partial charge in [-0.05, 0) is 47.9 Å². The number of pyridine rings is 1. The van der Waals surface area contributed by atoms with Crippen LogP contribution in [0.3, 0.4) is 0 Å². The van der Waals surface area contributed by atoms with Crippen molar-refractivity contribution in [3.63, 3.8) is 0 Å². The highest BCUT2D eigenvalue weighted by molar-refractivity contribution is 6.05. The van der Waals surface area contributed by atoms with Crippen LogP contribution in [0.5, 0.6) is 0 Å². The van der Waals surface area contributed by atoms with Gasteiger partial charge in [-0.25, -0.2) is 4.79 Å². The summed E-state index contributed by atoms with van der Waals surface area (Å²) >= 11 is 0. The lowest BCUT2D eigenvalue weighted by molar-refractivity contribution is 0.0473. The molecule has 148 valence electrons. The van der Waals surface area contributed by atoms with E-state index in [-0.39, 0.29) is 12.6 Å². The number of aryl methyl sites for hydroxylation is 1. The van der Waals surface area contributed by atoms with E-state index in [2.05, 4.69) is 24.3 Å². The van der Waals surface area contributed by atoms with Crippen molar-refractivity contribution in [1.82, 2.24) is 4.98 Å². The molecule has 1 aromatic heterocycles. The zero-order valence-electron chi connectivity index (χ0n) is 16.8. The Labute approximate surface area is 176 Å². The molecule has 0 fully saturated rings. The summed E-state index contributed by atoms with van der Waals surface area (Å²) in [7, 11) is 0. The van der Waals surface area contributed by atoms with E-state index < -0.39 is 0 Å². The Hall–Kier alpha value is -3.46. The van der Waals surface area contributed by atoms with E-state index in [1.165, 1.54) is 5.56 Å². The average Bonchev–Trinajstić information content (AvgIpc) is 2.82. The summed E-state index contributed by atoms with van der Waals surface area (Å²) in [6.07, 6.45) is 2.73. The maximum Gasteiger partial charge on any atom is 0.339 e. The second-order valence-corrected chi connectivity index (χ2v) is 7.84. The van der Waals surface area contributed by atoms with Crippen LogP contribution in [0.1, 0.15) is 45.1 Å². The quantitative estimate of drug-likeness (QED) is 0.407. The zero-order valence-corrected chi connectivity index (χ0v) is 16.8. The molecule has 3 aromatic carbocycles. The van der Waals surface area contributed by atoms with E-state index in [9.17, 15) is 4.79 Å². The molecule has 0 spiro atoms. The molecule has 1 atom stereocenters. The number of para-hydroxylation sites is 1. The Kier molecular flexibility index (Phi) is 5.02. The molecule has 1 unspecified atom stereocenters. The van der Waals surface area contributed by atoms with Crippen molar-refractivity contribution in [3.05, 3.63) is 113 Å². The normalized spacial score (nSPS) is 15.5. The summed E-state index contributed by atoms with van der Waals surface area (Å²) in [4.78, 5) is 18.2. The molecule has 5 rings (SSSR count). The number of nitrogens with zero attached hydrogens (tertiary/aromatic N) is 1. The second kappa shape index (κ2) is 8.11. The summed E-state index contributed by atoms with van der Waals surface area (Å²) < 4.78 is 5.76. The number of carbonyl (C=O) groups excluding carboxylic acids is 1. The number of carbonyl (C=O) groups is 1. The standard InChI is InChI=1S/C27H23NO2/c29-27(30-18-19-9-3-1-4-10-19)26-22-13-7-8-14-24(22)28-25-16-15-21(17-23(25)26)20-11-5-2-6-12-20/h1-14,21H,15-18H2. The summed E-state index contributed by atoms with van der Waals surface area (Å²) in [5.41, 5.74) is 5.94. The monoisotopic (exact) mass is 393 g/mol. The minimum Gasteiger partial charge on any atom is -0.457 e. The molecule has 0 aliphatic heterocycles. The summed E-state index contributed by atoms with van der Waals surface area (Å²) in [6.45, 7) is 0.271. The van der Waals surface area contributed by atoms with Crippen LogP contribution in [0.25, 0.3) is 10.9 Å². The number of ether oxygens (including phenoxy) is 1. The van der Waals surface area contributed by atoms with Gasteiger partial charge in [0, 0.05) is 11.1 Å². The third kappa shape index (κ3) is 3.59. The predicted octanol–water partition coefficient (Wildman–Crippen LogP) is 5.86. The molecule has 3 heteroatoms. The summed E-state index contributed by atoms with van der Waals surface area (Å²) in [5.74, 6) is 0.129. The first kappa shape index (κ1) is 18.6. The van der Waals surface area contributed by atoms with Gasteiger partial charge in [-0.3, -0.25) is 4.98 Å². The van der Waals surface area contributed by atoms with Crippen LogP contribution in [0.15, 0.2) is 84.9 Å². The fourth-order valence-corrected chi connectivity index (χ4v) is 4.43. The zero-order chi connectivity index (χ0) is 20.3. The SMILES string of the molecule is O=C(OCc1ccccc1)c1c2c(nc3ccccc13)CCC(c1ccccc1)C2. The van der Waals surface area contributed by atoms with Crippen molar-refractivity contribution in [1.29, 1.82) is 0 Å². The van der Waals surface area contributed by atoms with Crippen LogP contribution in [0, 0.1) is 0 Å². The van der Waals surface area contributed by atoms with E-state index in [0.29, 0.717) is 11.5 Å². The number of aromatic nitrogens is 1. The van der Waals surface area contributed by atoms with Crippen molar-refractivity contribution < 1.29 is 9.53 Å². The average molecular weight is 393 g/mol. The van der Waals surface area contributed by atoms with Crippen molar-refractivity contribution in [2.45, 2.75) is 31.8 Å². The molecule has 1 heterocycles. The van der Waals surface area contributed by atoms with Gasteiger partial charge in [-0.15, -0.1) is 0 Å². The minimum atomic E-state index is -0.262. The molecule has 0 amide bonds. The predicted molar refractivity (Wildman–Crippen MR) is 119 cm³/mol. The third-order valence-electron chi connectivity index (χ3n) is 5.95. The number of hydrogen-bond acceptors (Lipinski definition) is 3. The van der Waals surface area contributed by atoms with Gasteiger partial charge in [0.1, 0.15) is 6.61 Å². The Morgan fingerprint density at radius 3 is 2.40 bits per heavy atom. The first-order chi connectivity index (χ1) is 14.8. The molecule has 0 bridgehead atoms. The minimum absolute atomic E-state index is 0.262. The Bertz CT molecular complexity index is 1190. The fraction of sp³-hybridized carbons (Fsp3) is 0.185. The van der Waals surface area contributed by atoms with E-state index >= 15 is 0 Å². The van der Waals surface area contributed by atoms with Crippen LogP contribution in [-0.2, 0) is 24.2 Å². The largest absolute Gasteiger partial charge is 0.457 e. The van der Waals surface area contributed by atoms with Crippen LogP contribution in [0.2, 0.25) is 0 Å². The number of hydrogen-bond donors (Lipinski definition) is 0. The van der Waals surface area contributed by atoms with Gasteiger partial charge in [-0.1, -0.05) is 78.9 Å². The van der Waals surface area contributed by atoms with Gasteiger partial charge in [0.2, 0.25) is 0 Å². The van der Waals surface area contributed by atoms with Crippen molar-refractivity contribution in [2.24, 2.45) is 0 Å². The van der Waals surface area contributed by atoms with Crippen molar-refractivity contribution in [3.8, 4) is 0 Å². The Balaban J connectivity index is 1.53. The highest BCUT2D eigenvalue weighted by atomic mass is 16.5. The highest BCUT2D eigenvalue weighted by Gasteiger charge is 2.28. The van der Waals surface area contributed by atoms with Crippen LogP contribution in [-0.4, -0.2) is 11.0 Å². The van der Waals surface area contributed by atoms with Gasteiger partial charge in [0.15, 0.2) is 0 Å². The first-order valence-electron chi connectivity index (χ1n) is 10.5. The number of rotatable bonds is 4. The summed E-state index contributed by atoms with van der Waals surface area (Å²) in [6, 6.07) is 28.3. The molecule has 3 nitrogen and oxygen atoms in total. The molecule has 0 radical (unpaired) electrons.